The quantitative estimate of drug-likeness (QED) is 0.384. The predicted molar refractivity (Wildman–Crippen MR) is 115 cm³/mol. The Morgan fingerprint density at radius 3 is 2.69 bits per heavy atom. The summed E-state index contributed by atoms with van der Waals surface area (Å²) < 4.78 is 10.8. The van der Waals surface area contributed by atoms with Gasteiger partial charge in [0.1, 0.15) is 16.1 Å². The van der Waals surface area contributed by atoms with Crippen molar-refractivity contribution >= 4 is 50.8 Å². The van der Waals surface area contributed by atoms with E-state index in [2.05, 4.69) is 5.32 Å². The van der Waals surface area contributed by atoms with Crippen molar-refractivity contribution in [2.75, 3.05) is 11.9 Å². The lowest BCUT2D eigenvalue weighted by Gasteiger charge is -2.08. The van der Waals surface area contributed by atoms with Crippen LogP contribution in [0.25, 0.3) is 22.1 Å². The highest BCUT2D eigenvalue weighted by Crippen LogP contribution is 2.36. The fraction of sp³-hybridized carbons (Fsp3) is 0.0909. The first-order valence-corrected chi connectivity index (χ1v) is 10.2. The maximum absolute atomic E-state index is 12.8. The van der Waals surface area contributed by atoms with E-state index in [4.69, 9.17) is 20.8 Å². The van der Waals surface area contributed by atoms with Crippen LogP contribution in [0.1, 0.15) is 27.8 Å². The maximum atomic E-state index is 12.8. The first kappa shape index (κ1) is 19.2. The van der Waals surface area contributed by atoms with E-state index < -0.39 is 11.9 Å². The van der Waals surface area contributed by atoms with Gasteiger partial charge in [-0.1, -0.05) is 41.9 Å². The molecule has 0 saturated heterocycles. The third kappa shape index (κ3) is 3.90. The van der Waals surface area contributed by atoms with Crippen molar-refractivity contribution in [1.82, 2.24) is 0 Å². The van der Waals surface area contributed by atoms with Crippen molar-refractivity contribution in [3.63, 3.8) is 0 Å². The summed E-state index contributed by atoms with van der Waals surface area (Å²) in [6, 6.07) is 16.2. The molecule has 0 aliphatic rings. The van der Waals surface area contributed by atoms with Crippen molar-refractivity contribution in [1.29, 1.82) is 0 Å². The minimum Gasteiger partial charge on any atom is -0.462 e. The number of fused-ring (bicyclic) bond motifs is 1. The van der Waals surface area contributed by atoms with E-state index in [9.17, 15) is 9.59 Å². The number of carbonyl (C=O) groups is 2. The average Bonchev–Trinajstić information content (AvgIpc) is 3.32. The van der Waals surface area contributed by atoms with Crippen LogP contribution in [0.2, 0.25) is 5.02 Å². The molecule has 0 unspecified atom stereocenters. The summed E-state index contributed by atoms with van der Waals surface area (Å²) in [5.74, 6) is -0.810. The highest BCUT2D eigenvalue weighted by molar-refractivity contribution is 7.15. The van der Waals surface area contributed by atoms with Gasteiger partial charge in [0.2, 0.25) is 0 Å². The van der Waals surface area contributed by atoms with E-state index in [1.165, 1.54) is 11.3 Å². The van der Waals surface area contributed by atoms with E-state index in [0.29, 0.717) is 26.7 Å². The molecule has 4 aromatic rings. The number of nitrogens with one attached hydrogen (secondary N) is 1. The van der Waals surface area contributed by atoms with Crippen LogP contribution in [-0.2, 0) is 4.74 Å². The van der Waals surface area contributed by atoms with Gasteiger partial charge in [-0.3, -0.25) is 4.79 Å². The van der Waals surface area contributed by atoms with Crippen molar-refractivity contribution in [2.45, 2.75) is 6.92 Å². The molecule has 1 N–H and O–H groups in total. The molecule has 0 atom stereocenters. The number of hydrogen-bond acceptors (Lipinski definition) is 5. The summed E-state index contributed by atoms with van der Waals surface area (Å²) in [7, 11) is 0. The lowest BCUT2D eigenvalue weighted by atomic mass is 10.0. The third-order valence-electron chi connectivity index (χ3n) is 4.28. The average molecular weight is 426 g/mol. The minimum atomic E-state index is -0.487. The van der Waals surface area contributed by atoms with Gasteiger partial charge in [-0.25, -0.2) is 4.79 Å². The number of anilines is 1. The van der Waals surface area contributed by atoms with Gasteiger partial charge < -0.3 is 14.5 Å². The molecule has 146 valence electrons. The maximum Gasteiger partial charge on any atom is 0.341 e. The van der Waals surface area contributed by atoms with Gasteiger partial charge in [-0.2, -0.15) is 0 Å². The molecule has 0 bridgehead atoms. The van der Waals surface area contributed by atoms with Crippen LogP contribution < -0.4 is 5.32 Å². The van der Waals surface area contributed by atoms with E-state index >= 15 is 0 Å². The number of thiophene rings is 1. The minimum absolute atomic E-state index is 0.131. The summed E-state index contributed by atoms with van der Waals surface area (Å²) in [6.07, 6.45) is 0. The Hall–Kier alpha value is -3.09. The molecule has 5 nitrogen and oxygen atoms in total. The Labute approximate surface area is 175 Å². The Morgan fingerprint density at radius 2 is 1.93 bits per heavy atom. The number of carbonyl (C=O) groups excluding carboxylic acids is 2. The van der Waals surface area contributed by atoms with E-state index in [0.717, 1.165) is 10.9 Å². The fourth-order valence-electron chi connectivity index (χ4n) is 2.98. The molecule has 7 heteroatoms. The summed E-state index contributed by atoms with van der Waals surface area (Å²) in [5.41, 5.74) is 2.46. The van der Waals surface area contributed by atoms with Crippen molar-refractivity contribution in [2.24, 2.45) is 0 Å². The van der Waals surface area contributed by atoms with Crippen molar-refractivity contribution < 1.29 is 18.7 Å². The summed E-state index contributed by atoms with van der Waals surface area (Å²) >= 11 is 7.25. The van der Waals surface area contributed by atoms with Gasteiger partial charge in [0.25, 0.3) is 5.91 Å². The summed E-state index contributed by atoms with van der Waals surface area (Å²) in [4.78, 5) is 25.4. The van der Waals surface area contributed by atoms with E-state index in [1.807, 2.05) is 35.7 Å². The monoisotopic (exact) mass is 425 g/mol. The van der Waals surface area contributed by atoms with Crippen LogP contribution in [0.5, 0.6) is 0 Å². The highest BCUT2D eigenvalue weighted by Gasteiger charge is 2.24. The zero-order valence-corrected chi connectivity index (χ0v) is 17.0. The molecule has 0 saturated carbocycles. The number of esters is 1. The largest absolute Gasteiger partial charge is 0.462 e. The van der Waals surface area contributed by atoms with E-state index in [1.54, 1.807) is 31.2 Å². The van der Waals surface area contributed by atoms with Gasteiger partial charge in [0.15, 0.2) is 5.76 Å². The summed E-state index contributed by atoms with van der Waals surface area (Å²) in [6.45, 7) is 1.98. The number of ether oxygens (including phenoxy) is 1. The zero-order chi connectivity index (χ0) is 20.4. The SMILES string of the molecule is CCOC(=O)c1c(-c2ccccc2)csc1NC(=O)c1cc2cc(Cl)ccc2o1. The van der Waals surface area contributed by atoms with Crippen molar-refractivity contribution in [3.05, 3.63) is 76.3 Å². The topological polar surface area (TPSA) is 68.5 Å². The highest BCUT2D eigenvalue weighted by atomic mass is 35.5. The van der Waals surface area contributed by atoms with Gasteiger partial charge in [0.05, 0.1) is 6.61 Å². The molecule has 0 spiro atoms. The van der Waals surface area contributed by atoms with Crippen LogP contribution in [-0.4, -0.2) is 18.5 Å². The first-order chi connectivity index (χ1) is 14.1. The normalized spacial score (nSPS) is 10.8. The molecular weight excluding hydrogens is 410 g/mol. The standard InChI is InChI=1S/C22H16ClNO4S/c1-2-27-22(26)19-16(13-6-4-3-5-7-13)12-29-21(19)24-20(25)18-11-14-10-15(23)8-9-17(14)28-18/h3-12H,2H2,1H3,(H,24,25). The molecule has 2 heterocycles. The molecule has 0 aliphatic carbocycles. The molecule has 0 aliphatic heterocycles. The molecule has 2 aromatic carbocycles. The second-order valence-electron chi connectivity index (χ2n) is 6.19. The van der Waals surface area contributed by atoms with Gasteiger partial charge in [-0.15, -0.1) is 11.3 Å². The molecule has 0 radical (unpaired) electrons. The van der Waals surface area contributed by atoms with Gasteiger partial charge in [0, 0.05) is 21.4 Å². The van der Waals surface area contributed by atoms with Gasteiger partial charge in [-0.05, 0) is 36.8 Å². The van der Waals surface area contributed by atoms with Crippen molar-refractivity contribution in [3.8, 4) is 11.1 Å². The number of hydrogen-bond donors (Lipinski definition) is 1. The number of amides is 1. The molecule has 29 heavy (non-hydrogen) atoms. The Balaban J connectivity index is 1.69. The molecule has 0 fully saturated rings. The summed E-state index contributed by atoms with van der Waals surface area (Å²) in [5, 5.41) is 6.30. The van der Waals surface area contributed by atoms with Crippen LogP contribution in [0.4, 0.5) is 5.00 Å². The number of benzene rings is 2. The zero-order valence-electron chi connectivity index (χ0n) is 15.4. The molecule has 2 aromatic heterocycles. The number of halogens is 1. The van der Waals surface area contributed by atoms with E-state index in [-0.39, 0.29) is 12.4 Å². The molecular formula is C22H16ClNO4S. The predicted octanol–water partition coefficient (Wildman–Crippen LogP) is 6.24. The van der Waals surface area contributed by atoms with Crippen LogP contribution in [0.3, 0.4) is 0 Å². The lowest BCUT2D eigenvalue weighted by molar-refractivity contribution is 0.0529. The van der Waals surface area contributed by atoms with Gasteiger partial charge >= 0.3 is 5.97 Å². The Bertz CT molecular complexity index is 1200. The molecule has 1 amide bonds. The Morgan fingerprint density at radius 1 is 1.14 bits per heavy atom. The third-order valence-corrected chi connectivity index (χ3v) is 5.42. The van der Waals surface area contributed by atoms with Crippen LogP contribution in [0, 0.1) is 0 Å². The number of rotatable bonds is 5. The first-order valence-electron chi connectivity index (χ1n) is 8.91. The second-order valence-corrected chi connectivity index (χ2v) is 7.50. The Kier molecular flexibility index (Phi) is 5.38. The fourth-order valence-corrected chi connectivity index (χ4v) is 4.11. The molecule has 4 rings (SSSR count). The van der Waals surface area contributed by atoms with Crippen LogP contribution >= 0.6 is 22.9 Å². The lowest BCUT2D eigenvalue weighted by Crippen LogP contribution is -2.14. The van der Waals surface area contributed by atoms with Crippen LogP contribution in [0.15, 0.2) is 64.4 Å². The number of furan rings is 1. The second kappa shape index (κ2) is 8.11. The smallest absolute Gasteiger partial charge is 0.341 e.